The Morgan fingerprint density at radius 3 is 2.71 bits per heavy atom. The fraction of sp³-hybridized carbons (Fsp3) is 0.667. The van der Waals surface area contributed by atoms with E-state index in [0.29, 0.717) is 30.0 Å². The van der Waals surface area contributed by atoms with Crippen molar-refractivity contribution < 1.29 is 14.4 Å². The van der Waals surface area contributed by atoms with Crippen LogP contribution in [0.4, 0.5) is 0 Å². The van der Waals surface area contributed by atoms with Crippen LogP contribution >= 0.6 is 0 Å². The summed E-state index contributed by atoms with van der Waals surface area (Å²) in [6.45, 7) is 7.85. The smallest absolute Gasteiger partial charge is 0.256 e. The second-order valence-corrected chi connectivity index (χ2v) is 4.92. The van der Waals surface area contributed by atoms with Crippen molar-refractivity contribution in [3.05, 3.63) is 17.0 Å². The molecule has 0 aromatic carbocycles. The van der Waals surface area contributed by atoms with Gasteiger partial charge in [0.1, 0.15) is 11.3 Å². The van der Waals surface area contributed by atoms with Crippen molar-refractivity contribution in [3.63, 3.8) is 0 Å². The van der Waals surface area contributed by atoms with Crippen molar-refractivity contribution in [2.75, 3.05) is 13.2 Å². The Hall–Kier alpha value is -1.36. The molecule has 0 unspecified atom stereocenters. The molecule has 17 heavy (non-hydrogen) atoms. The van der Waals surface area contributed by atoms with E-state index in [9.17, 15) is 4.79 Å². The molecule has 2 N–H and O–H groups in total. The van der Waals surface area contributed by atoms with Crippen molar-refractivity contribution >= 4 is 5.91 Å². The van der Waals surface area contributed by atoms with Crippen molar-refractivity contribution in [2.45, 2.75) is 34.1 Å². The number of amides is 1. The average Bonchev–Trinajstić information content (AvgIpc) is 2.67. The molecule has 1 aromatic rings. The first kappa shape index (κ1) is 13.7. The van der Waals surface area contributed by atoms with Gasteiger partial charge < -0.3 is 14.9 Å². The van der Waals surface area contributed by atoms with E-state index in [0.717, 1.165) is 0 Å². The SMILES string of the molecule is CCc1noc(C)c1C(=O)NCC(C)(C)CO. The number of nitrogens with zero attached hydrogens (tertiary/aromatic N) is 1. The van der Waals surface area contributed by atoms with E-state index in [2.05, 4.69) is 10.5 Å². The highest BCUT2D eigenvalue weighted by Crippen LogP contribution is 2.15. The van der Waals surface area contributed by atoms with Crippen LogP contribution < -0.4 is 5.32 Å². The Labute approximate surface area is 101 Å². The summed E-state index contributed by atoms with van der Waals surface area (Å²) in [5, 5.41) is 15.7. The summed E-state index contributed by atoms with van der Waals surface area (Å²) in [4.78, 5) is 12.0. The summed E-state index contributed by atoms with van der Waals surface area (Å²) in [7, 11) is 0. The lowest BCUT2D eigenvalue weighted by atomic mass is 9.95. The van der Waals surface area contributed by atoms with Gasteiger partial charge in [-0.05, 0) is 13.3 Å². The van der Waals surface area contributed by atoms with Crippen LogP contribution in [0.1, 0.15) is 42.6 Å². The molecule has 1 aromatic heterocycles. The van der Waals surface area contributed by atoms with E-state index >= 15 is 0 Å². The number of aliphatic hydroxyl groups is 1. The van der Waals surface area contributed by atoms with Gasteiger partial charge in [-0.1, -0.05) is 25.9 Å². The van der Waals surface area contributed by atoms with Crippen LogP contribution in [0.15, 0.2) is 4.52 Å². The van der Waals surface area contributed by atoms with Gasteiger partial charge in [0, 0.05) is 18.6 Å². The molecule has 0 bridgehead atoms. The highest BCUT2D eigenvalue weighted by molar-refractivity contribution is 5.96. The first-order valence-corrected chi connectivity index (χ1v) is 5.75. The Morgan fingerprint density at radius 2 is 2.18 bits per heavy atom. The molecule has 1 amide bonds. The molecular weight excluding hydrogens is 220 g/mol. The number of nitrogens with one attached hydrogen (secondary N) is 1. The molecule has 1 rings (SSSR count). The van der Waals surface area contributed by atoms with Crippen molar-refractivity contribution in [1.82, 2.24) is 10.5 Å². The molecule has 0 aliphatic rings. The predicted molar refractivity (Wildman–Crippen MR) is 63.8 cm³/mol. The number of aromatic nitrogens is 1. The highest BCUT2D eigenvalue weighted by Gasteiger charge is 2.22. The lowest BCUT2D eigenvalue weighted by Crippen LogP contribution is -2.36. The van der Waals surface area contributed by atoms with E-state index in [4.69, 9.17) is 9.63 Å². The average molecular weight is 240 g/mol. The number of rotatable bonds is 5. The second-order valence-electron chi connectivity index (χ2n) is 4.92. The van der Waals surface area contributed by atoms with Crippen LogP contribution in [-0.4, -0.2) is 29.3 Å². The lowest BCUT2D eigenvalue weighted by Gasteiger charge is -2.21. The van der Waals surface area contributed by atoms with Crippen LogP contribution in [0.2, 0.25) is 0 Å². The van der Waals surface area contributed by atoms with Gasteiger partial charge in [0.2, 0.25) is 0 Å². The van der Waals surface area contributed by atoms with Crippen LogP contribution in [0.25, 0.3) is 0 Å². The molecule has 5 heteroatoms. The Kier molecular flexibility index (Phi) is 4.28. The van der Waals surface area contributed by atoms with Crippen LogP contribution in [0.3, 0.4) is 0 Å². The molecule has 0 saturated carbocycles. The summed E-state index contributed by atoms with van der Waals surface area (Å²) in [5.41, 5.74) is 0.857. The van der Waals surface area contributed by atoms with Gasteiger partial charge in [0.15, 0.2) is 0 Å². The summed E-state index contributed by atoms with van der Waals surface area (Å²) in [6.07, 6.45) is 0.656. The van der Waals surface area contributed by atoms with Gasteiger partial charge in [-0.15, -0.1) is 0 Å². The minimum atomic E-state index is -0.326. The minimum absolute atomic E-state index is 0.0243. The number of hydrogen-bond acceptors (Lipinski definition) is 4. The standard InChI is InChI=1S/C12H20N2O3/c1-5-9-10(8(2)17-14-9)11(16)13-6-12(3,4)7-15/h15H,5-7H2,1-4H3,(H,13,16). The van der Waals surface area contributed by atoms with E-state index < -0.39 is 0 Å². The molecule has 0 saturated heterocycles. The van der Waals surface area contributed by atoms with Crippen molar-refractivity contribution in [3.8, 4) is 0 Å². The van der Waals surface area contributed by atoms with Gasteiger partial charge in [0.05, 0.1) is 5.69 Å². The Balaban J connectivity index is 2.73. The summed E-state index contributed by atoms with van der Waals surface area (Å²) < 4.78 is 5.01. The monoisotopic (exact) mass is 240 g/mol. The molecule has 96 valence electrons. The van der Waals surface area contributed by atoms with Crippen LogP contribution in [0, 0.1) is 12.3 Å². The normalized spacial score (nSPS) is 11.6. The van der Waals surface area contributed by atoms with E-state index in [-0.39, 0.29) is 17.9 Å². The minimum Gasteiger partial charge on any atom is -0.396 e. The summed E-state index contributed by atoms with van der Waals surface area (Å²) >= 11 is 0. The van der Waals surface area contributed by atoms with Gasteiger partial charge in [-0.25, -0.2) is 0 Å². The zero-order valence-corrected chi connectivity index (χ0v) is 10.8. The lowest BCUT2D eigenvalue weighted by molar-refractivity contribution is 0.0909. The molecule has 0 radical (unpaired) electrons. The maximum Gasteiger partial charge on any atom is 0.256 e. The van der Waals surface area contributed by atoms with E-state index in [1.807, 2.05) is 20.8 Å². The highest BCUT2D eigenvalue weighted by atomic mass is 16.5. The Bertz CT molecular complexity index is 396. The zero-order chi connectivity index (χ0) is 13.1. The third-order valence-corrected chi connectivity index (χ3v) is 2.65. The number of aliphatic hydroxyl groups excluding tert-OH is 1. The van der Waals surface area contributed by atoms with Gasteiger partial charge >= 0.3 is 0 Å². The van der Waals surface area contributed by atoms with Crippen LogP contribution in [0.5, 0.6) is 0 Å². The molecule has 1 heterocycles. The van der Waals surface area contributed by atoms with Crippen LogP contribution in [-0.2, 0) is 6.42 Å². The van der Waals surface area contributed by atoms with Gasteiger partial charge in [-0.2, -0.15) is 0 Å². The molecular formula is C12H20N2O3. The Morgan fingerprint density at radius 1 is 1.53 bits per heavy atom. The van der Waals surface area contributed by atoms with Crippen molar-refractivity contribution in [2.24, 2.45) is 5.41 Å². The summed E-state index contributed by atoms with van der Waals surface area (Å²) in [6, 6.07) is 0. The first-order chi connectivity index (χ1) is 7.91. The first-order valence-electron chi connectivity index (χ1n) is 5.75. The number of aryl methyl sites for hydroxylation is 2. The van der Waals surface area contributed by atoms with Gasteiger partial charge in [0.25, 0.3) is 5.91 Å². The molecule has 0 atom stereocenters. The number of carbonyl (C=O) groups excluding carboxylic acids is 1. The quantitative estimate of drug-likeness (QED) is 0.813. The molecule has 0 spiro atoms. The molecule has 5 nitrogen and oxygen atoms in total. The zero-order valence-electron chi connectivity index (χ0n) is 10.8. The molecule has 0 aliphatic heterocycles. The van der Waals surface area contributed by atoms with Crippen molar-refractivity contribution in [1.29, 1.82) is 0 Å². The fourth-order valence-electron chi connectivity index (χ4n) is 1.41. The fourth-order valence-corrected chi connectivity index (χ4v) is 1.41. The van der Waals surface area contributed by atoms with E-state index in [1.165, 1.54) is 0 Å². The topological polar surface area (TPSA) is 75.4 Å². The van der Waals surface area contributed by atoms with Gasteiger partial charge in [-0.3, -0.25) is 4.79 Å². The molecule has 0 fully saturated rings. The third-order valence-electron chi connectivity index (χ3n) is 2.65. The largest absolute Gasteiger partial charge is 0.396 e. The second kappa shape index (κ2) is 5.31. The molecule has 0 aliphatic carbocycles. The maximum absolute atomic E-state index is 12.0. The maximum atomic E-state index is 12.0. The number of carbonyl (C=O) groups is 1. The van der Waals surface area contributed by atoms with E-state index in [1.54, 1.807) is 6.92 Å². The number of hydrogen-bond donors (Lipinski definition) is 2. The third kappa shape index (κ3) is 3.30. The predicted octanol–water partition coefficient (Wildman–Crippen LogP) is 1.29. The summed E-state index contributed by atoms with van der Waals surface area (Å²) in [5.74, 6) is 0.336.